The monoisotopic (exact) mass is 197 g/mol. The van der Waals surface area contributed by atoms with Crippen molar-refractivity contribution in [2.24, 2.45) is 4.99 Å². The van der Waals surface area contributed by atoms with Gasteiger partial charge in [0.25, 0.3) is 0 Å². The third-order valence-electron chi connectivity index (χ3n) is 2.04. The van der Waals surface area contributed by atoms with Gasteiger partial charge in [0.05, 0.1) is 18.9 Å². The fourth-order valence-corrected chi connectivity index (χ4v) is 2.34. The fourth-order valence-electron chi connectivity index (χ4n) is 1.25. The summed E-state index contributed by atoms with van der Waals surface area (Å²) in [5, 5.41) is 10.2. The minimum Gasteiger partial charge on any atom is -0.462 e. The van der Waals surface area contributed by atoms with E-state index >= 15 is 0 Å². The fraction of sp³-hybridized carbons (Fsp3) is 0.444. The number of hydrogen-bond donors (Lipinski definition) is 1. The first-order valence-electron chi connectivity index (χ1n) is 4.20. The molecule has 70 valence electrons. The molecule has 1 aliphatic heterocycles. The van der Waals surface area contributed by atoms with Crippen LogP contribution in [-0.2, 0) is 0 Å². The molecule has 0 spiro atoms. The Balaban J connectivity index is 2.19. The van der Waals surface area contributed by atoms with Crippen molar-refractivity contribution < 1.29 is 9.52 Å². The highest BCUT2D eigenvalue weighted by molar-refractivity contribution is 8.15. The maximum atomic E-state index is 9.00. The van der Waals surface area contributed by atoms with Crippen molar-refractivity contribution in [3.63, 3.8) is 0 Å². The second-order valence-corrected chi connectivity index (χ2v) is 4.35. The summed E-state index contributed by atoms with van der Waals surface area (Å²) in [6.07, 6.45) is 1.63. The van der Waals surface area contributed by atoms with Gasteiger partial charge in [0.2, 0.25) is 0 Å². The van der Waals surface area contributed by atoms with Gasteiger partial charge in [-0.15, -0.1) is 0 Å². The van der Waals surface area contributed by atoms with Crippen molar-refractivity contribution in [2.45, 2.75) is 18.2 Å². The molecule has 1 N–H and O–H groups in total. The van der Waals surface area contributed by atoms with Gasteiger partial charge in [0.1, 0.15) is 5.04 Å². The number of thioether (sulfide) groups is 1. The number of nitrogens with zero attached hydrogens (tertiary/aromatic N) is 1. The van der Waals surface area contributed by atoms with Gasteiger partial charge in [-0.1, -0.05) is 18.7 Å². The van der Waals surface area contributed by atoms with E-state index in [1.54, 1.807) is 18.0 Å². The topological polar surface area (TPSA) is 45.7 Å². The van der Waals surface area contributed by atoms with Gasteiger partial charge in [0.15, 0.2) is 5.76 Å². The Labute approximate surface area is 80.9 Å². The summed E-state index contributed by atoms with van der Waals surface area (Å²) in [4.78, 5) is 4.37. The molecule has 0 aliphatic carbocycles. The largest absolute Gasteiger partial charge is 0.462 e. The van der Waals surface area contributed by atoms with E-state index < -0.39 is 0 Å². The van der Waals surface area contributed by atoms with Gasteiger partial charge in [0, 0.05) is 5.25 Å². The molecule has 1 aromatic rings. The summed E-state index contributed by atoms with van der Waals surface area (Å²) in [5.41, 5.74) is 0. The lowest BCUT2D eigenvalue weighted by molar-refractivity contribution is 0.268. The van der Waals surface area contributed by atoms with E-state index in [9.17, 15) is 0 Å². The second-order valence-electron chi connectivity index (χ2n) is 2.98. The molecule has 0 amide bonds. The molecule has 0 saturated heterocycles. The van der Waals surface area contributed by atoms with Crippen LogP contribution in [-0.4, -0.2) is 28.0 Å². The van der Waals surface area contributed by atoms with Crippen molar-refractivity contribution in [1.29, 1.82) is 0 Å². The van der Waals surface area contributed by atoms with Crippen molar-refractivity contribution >= 4 is 16.8 Å². The van der Waals surface area contributed by atoms with Crippen LogP contribution in [0, 0.1) is 0 Å². The second kappa shape index (κ2) is 3.55. The lowest BCUT2D eigenvalue weighted by atomic mass is 10.2. The van der Waals surface area contributed by atoms with Crippen LogP contribution in [0.3, 0.4) is 0 Å². The Bertz CT molecular complexity index is 307. The normalized spacial score (nSPS) is 27.7. The summed E-state index contributed by atoms with van der Waals surface area (Å²) < 4.78 is 5.23. The third-order valence-corrected chi connectivity index (χ3v) is 3.26. The number of furan rings is 1. The Morgan fingerprint density at radius 3 is 3.08 bits per heavy atom. The number of aliphatic hydroxyl groups is 1. The zero-order valence-corrected chi connectivity index (χ0v) is 8.12. The molecule has 2 rings (SSSR count). The van der Waals surface area contributed by atoms with Gasteiger partial charge in [-0.2, -0.15) is 0 Å². The minimum absolute atomic E-state index is 0.0186. The first-order valence-corrected chi connectivity index (χ1v) is 5.08. The summed E-state index contributed by atoms with van der Waals surface area (Å²) in [6.45, 7) is 2.17. The van der Waals surface area contributed by atoms with E-state index in [1.807, 2.05) is 12.1 Å². The van der Waals surface area contributed by atoms with Crippen molar-refractivity contribution in [1.82, 2.24) is 0 Å². The van der Waals surface area contributed by atoms with E-state index in [1.165, 1.54) is 0 Å². The standard InChI is InChI=1S/C9H11NO2S/c1-6-7(5-11)10-9(13-6)8-3-2-4-12-8/h2-4,6-7,11H,5H2,1H3/t6-,7-/m0/s1. The van der Waals surface area contributed by atoms with Gasteiger partial charge in [-0.3, -0.25) is 4.99 Å². The van der Waals surface area contributed by atoms with E-state index in [0.29, 0.717) is 5.25 Å². The van der Waals surface area contributed by atoms with Crippen molar-refractivity contribution in [2.75, 3.05) is 6.61 Å². The zero-order valence-electron chi connectivity index (χ0n) is 7.30. The van der Waals surface area contributed by atoms with Gasteiger partial charge >= 0.3 is 0 Å². The Morgan fingerprint density at radius 2 is 2.54 bits per heavy atom. The van der Waals surface area contributed by atoms with E-state index in [0.717, 1.165) is 10.8 Å². The lowest BCUT2D eigenvalue weighted by Gasteiger charge is -2.06. The maximum Gasteiger partial charge on any atom is 0.158 e. The van der Waals surface area contributed by atoms with E-state index in [4.69, 9.17) is 9.52 Å². The Kier molecular flexibility index (Phi) is 2.42. The molecule has 0 aromatic carbocycles. The average Bonchev–Trinajstić information content (AvgIpc) is 2.71. The van der Waals surface area contributed by atoms with Crippen molar-refractivity contribution in [3.05, 3.63) is 24.2 Å². The third kappa shape index (κ3) is 1.64. The quantitative estimate of drug-likeness (QED) is 0.782. The number of aliphatic hydroxyl groups excluding tert-OH is 1. The van der Waals surface area contributed by atoms with Crippen LogP contribution in [0.2, 0.25) is 0 Å². The van der Waals surface area contributed by atoms with Crippen LogP contribution >= 0.6 is 11.8 Å². The SMILES string of the molecule is C[C@@H]1SC(c2ccco2)=N[C@H]1CO. The molecule has 1 aromatic heterocycles. The first kappa shape index (κ1) is 8.84. The number of aliphatic imine (C=N–C) groups is 1. The van der Waals surface area contributed by atoms with Crippen LogP contribution in [0.1, 0.15) is 12.7 Å². The smallest absolute Gasteiger partial charge is 0.158 e. The number of rotatable bonds is 2. The molecule has 0 bridgehead atoms. The molecular weight excluding hydrogens is 186 g/mol. The molecule has 4 heteroatoms. The van der Waals surface area contributed by atoms with Gasteiger partial charge in [-0.25, -0.2) is 0 Å². The predicted molar refractivity (Wildman–Crippen MR) is 53.2 cm³/mol. The summed E-state index contributed by atoms with van der Waals surface area (Å²) in [6, 6.07) is 3.75. The molecule has 2 heterocycles. The molecule has 0 unspecified atom stereocenters. The average molecular weight is 197 g/mol. The van der Waals surface area contributed by atoms with E-state index in [-0.39, 0.29) is 12.6 Å². The van der Waals surface area contributed by atoms with Gasteiger partial charge in [-0.05, 0) is 12.1 Å². The molecule has 2 atom stereocenters. The molecule has 1 aliphatic rings. The van der Waals surface area contributed by atoms with Gasteiger partial charge < -0.3 is 9.52 Å². The van der Waals surface area contributed by atoms with Crippen LogP contribution in [0.5, 0.6) is 0 Å². The Hall–Kier alpha value is -0.740. The highest BCUT2D eigenvalue weighted by atomic mass is 32.2. The van der Waals surface area contributed by atoms with Crippen LogP contribution in [0.4, 0.5) is 0 Å². The molecule has 0 fully saturated rings. The van der Waals surface area contributed by atoms with Crippen LogP contribution < -0.4 is 0 Å². The lowest BCUT2D eigenvalue weighted by Crippen LogP contribution is -2.17. The van der Waals surface area contributed by atoms with Crippen LogP contribution in [0.25, 0.3) is 0 Å². The highest BCUT2D eigenvalue weighted by Crippen LogP contribution is 2.29. The molecule has 0 saturated carbocycles. The number of hydrogen-bond acceptors (Lipinski definition) is 4. The zero-order chi connectivity index (χ0) is 9.26. The summed E-state index contributed by atoms with van der Waals surface area (Å²) in [7, 11) is 0. The molecule has 3 nitrogen and oxygen atoms in total. The summed E-state index contributed by atoms with van der Waals surface area (Å²) in [5.74, 6) is 0.799. The predicted octanol–water partition coefficient (Wildman–Crippen LogP) is 1.52. The summed E-state index contributed by atoms with van der Waals surface area (Å²) >= 11 is 1.65. The first-order chi connectivity index (χ1) is 6.31. The minimum atomic E-state index is 0.0186. The molecular formula is C9H11NO2S. The van der Waals surface area contributed by atoms with Crippen molar-refractivity contribution in [3.8, 4) is 0 Å². The highest BCUT2D eigenvalue weighted by Gasteiger charge is 2.27. The molecule has 13 heavy (non-hydrogen) atoms. The maximum absolute atomic E-state index is 9.00. The molecule has 0 radical (unpaired) electrons. The van der Waals surface area contributed by atoms with Crippen LogP contribution in [0.15, 0.2) is 27.8 Å². The Morgan fingerprint density at radius 1 is 1.69 bits per heavy atom. The van der Waals surface area contributed by atoms with E-state index in [2.05, 4.69) is 11.9 Å².